The van der Waals surface area contributed by atoms with Gasteiger partial charge < -0.3 is 15.4 Å². The van der Waals surface area contributed by atoms with Gasteiger partial charge in [0.05, 0.1) is 16.5 Å². The summed E-state index contributed by atoms with van der Waals surface area (Å²) in [6.07, 6.45) is 2.11. The Hall–Kier alpha value is -4.12. The van der Waals surface area contributed by atoms with Crippen LogP contribution in [0.2, 0.25) is 0 Å². The van der Waals surface area contributed by atoms with Crippen molar-refractivity contribution >= 4 is 22.6 Å². The molecule has 32 heavy (non-hydrogen) atoms. The Kier molecular flexibility index (Phi) is 5.65. The van der Waals surface area contributed by atoms with Crippen molar-refractivity contribution in [3.63, 3.8) is 0 Å². The molecule has 3 aromatic carbocycles. The van der Waals surface area contributed by atoms with Crippen molar-refractivity contribution in [2.75, 3.05) is 0 Å². The van der Waals surface area contributed by atoms with Crippen LogP contribution in [0.1, 0.15) is 27.2 Å². The Labute approximate surface area is 186 Å². The highest BCUT2D eigenvalue weighted by molar-refractivity contribution is 6.45. The Morgan fingerprint density at radius 1 is 1.00 bits per heavy atom. The summed E-state index contributed by atoms with van der Waals surface area (Å²) in [5, 5.41) is 11.3. The van der Waals surface area contributed by atoms with E-state index in [0.717, 1.165) is 16.7 Å². The summed E-state index contributed by atoms with van der Waals surface area (Å²) in [6, 6.07) is 21.8. The van der Waals surface area contributed by atoms with Crippen LogP contribution in [0.15, 0.2) is 79.4 Å². The van der Waals surface area contributed by atoms with Gasteiger partial charge in [-0.3, -0.25) is 9.59 Å². The normalized spacial score (nSPS) is 10.9. The third-order valence-corrected chi connectivity index (χ3v) is 5.79. The largest absolute Gasteiger partial charge is 0.507 e. The van der Waals surface area contributed by atoms with E-state index in [-0.39, 0.29) is 11.3 Å². The summed E-state index contributed by atoms with van der Waals surface area (Å²) in [4.78, 5) is 24.5. The molecule has 0 aliphatic heterocycles. The molecule has 5 nitrogen and oxygen atoms in total. The van der Waals surface area contributed by atoms with Gasteiger partial charge in [-0.2, -0.15) is 0 Å². The number of Topliss-reactive ketones (excluding diaryl/α,β-unsaturated/α-hetero) is 1. The number of allylic oxidation sites excluding steroid dienone is 1. The van der Waals surface area contributed by atoms with Crippen LogP contribution in [0.3, 0.4) is 0 Å². The number of aromatic hydroxyl groups is 1. The lowest BCUT2D eigenvalue weighted by Gasteiger charge is -2.14. The van der Waals surface area contributed by atoms with Crippen molar-refractivity contribution in [1.29, 1.82) is 0 Å². The van der Waals surface area contributed by atoms with Crippen LogP contribution in [-0.2, 0) is 17.8 Å². The maximum atomic E-state index is 12.7. The number of hydrogen-bond acceptors (Lipinski definition) is 3. The number of hydrogen-bond donors (Lipinski definition) is 2. The minimum atomic E-state index is -1.05. The number of phenols is 1. The van der Waals surface area contributed by atoms with Crippen molar-refractivity contribution in [3.8, 4) is 16.9 Å². The fraction of sp³-hybridized carbons (Fsp3) is 0.111. The van der Waals surface area contributed by atoms with Crippen LogP contribution < -0.4 is 5.73 Å². The molecule has 5 heteroatoms. The first kappa shape index (κ1) is 21.1. The van der Waals surface area contributed by atoms with Crippen molar-refractivity contribution < 1.29 is 14.7 Å². The molecule has 1 amide bonds. The molecule has 4 aromatic rings. The summed E-state index contributed by atoms with van der Waals surface area (Å²) < 4.78 is 1.95. The van der Waals surface area contributed by atoms with E-state index in [1.807, 2.05) is 53.1 Å². The Balaban J connectivity index is 1.95. The van der Waals surface area contributed by atoms with Crippen LogP contribution in [0.25, 0.3) is 22.0 Å². The third kappa shape index (κ3) is 3.58. The van der Waals surface area contributed by atoms with E-state index in [0.29, 0.717) is 35.1 Å². The first-order valence-corrected chi connectivity index (χ1v) is 10.4. The van der Waals surface area contributed by atoms with Gasteiger partial charge in [-0.15, -0.1) is 6.58 Å². The fourth-order valence-corrected chi connectivity index (χ4v) is 4.24. The SMILES string of the molecule is C=CCc1ccc2c(c1O)c(C(=O)C(N)=O)c(C)n2Cc1ccccc1-c1ccccc1. The minimum Gasteiger partial charge on any atom is -0.507 e. The molecule has 4 rings (SSSR count). The molecular weight excluding hydrogens is 400 g/mol. The van der Waals surface area contributed by atoms with Crippen LogP contribution in [0, 0.1) is 6.92 Å². The van der Waals surface area contributed by atoms with Gasteiger partial charge in [-0.1, -0.05) is 66.7 Å². The van der Waals surface area contributed by atoms with Gasteiger partial charge in [0.15, 0.2) is 0 Å². The standard InChI is InChI=1S/C27H24N2O3/c1-3-9-19-14-15-22-24(25(19)30)23(26(31)27(28)32)17(2)29(22)16-20-12-7-8-13-21(20)18-10-5-4-6-11-18/h3-8,10-15,30H,1,9,16H2,2H3,(H2,28,32). The summed E-state index contributed by atoms with van der Waals surface area (Å²) in [6.45, 7) is 5.95. The smallest absolute Gasteiger partial charge is 0.289 e. The average molecular weight is 425 g/mol. The lowest BCUT2D eigenvalue weighted by atomic mass is 9.99. The molecular formula is C27H24N2O3. The molecule has 1 aromatic heterocycles. The molecule has 0 aliphatic carbocycles. The maximum Gasteiger partial charge on any atom is 0.289 e. The third-order valence-electron chi connectivity index (χ3n) is 5.79. The molecule has 1 heterocycles. The summed E-state index contributed by atoms with van der Waals surface area (Å²) in [5.41, 5.74) is 10.6. The van der Waals surface area contributed by atoms with Gasteiger partial charge >= 0.3 is 0 Å². The number of benzene rings is 3. The minimum absolute atomic E-state index is 0.0230. The number of primary amides is 1. The van der Waals surface area contributed by atoms with Gasteiger partial charge in [-0.25, -0.2) is 0 Å². The molecule has 0 spiro atoms. The van der Waals surface area contributed by atoms with Gasteiger partial charge in [-0.05, 0) is 41.7 Å². The second-order valence-electron chi connectivity index (χ2n) is 7.72. The van der Waals surface area contributed by atoms with Crippen LogP contribution >= 0.6 is 0 Å². The number of ketones is 1. The molecule has 3 N–H and O–H groups in total. The fourth-order valence-electron chi connectivity index (χ4n) is 4.24. The van der Waals surface area contributed by atoms with Crippen LogP contribution in [0.5, 0.6) is 5.75 Å². The highest BCUT2D eigenvalue weighted by Gasteiger charge is 2.26. The van der Waals surface area contributed by atoms with E-state index in [1.54, 1.807) is 13.0 Å². The zero-order chi connectivity index (χ0) is 22.8. The van der Waals surface area contributed by atoms with E-state index in [2.05, 4.69) is 24.8 Å². The summed E-state index contributed by atoms with van der Waals surface area (Å²) >= 11 is 0. The van der Waals surface area contributed by atoms with E-state index in [1.165, 1.54) is 0 Å². The average Bonchev–Trinajstić information content (AvgIpc) is 3.08. The van der Waals surface area contributed by atoms with E-state index in [4.69, 9.17) is 5.73 Å². The quantitative estimate of drug-likeness (QED) is 0.255. The molecule has 0 unspecified atom stereocenters. The Bertz CT molecular complexity index is 1350. The second-order valence-corrected chi connectivity index (χ2v) is 7.72. The predicted molar refractivity (Wildman–Crippen MR) is 127 cm³/mol. The number of phenolic OH excluding ortho intramolecular Hbond substituents is 1. The lowest BCUT2D eigenvalue weighted by Crippen LogP contribution is -2.23. The number of fused-ring (bicyclic) bond motifs is 1. The zero-order valence-electron chi connectivity index (χ0n) is 17.8. The topological polar surface area (TPSA) is 85.3 Å². The van der Waals surface area contributed by atoms with E-state index >= 15 is 0 Å². The zero-order valence-corrected chi connectivity index (χ0v) is 17.8. The number of nitrogens with zero attached hydrogens (tertiary/aromatic N) is 1. The van der Waals surface area contributed by atoms with Gasteiger partial charge in [0.2, 0.25) is 0 Å². The Morgan fingerprint density at radius 2 is 1.69 bits per heavy atom. The predicted octanol–water partition coefficient (Wildman–Crippen LogP) is 4.77. The molecule has 0 radical (unpaired) electrons. The van der Waals surface area contributed by atoms with Gasteiger partial charge in [0, 0.05) is 12.2 Å². The molecule has 0 bridgehead atoms. The number of rotatable bonds is 7. The molecule has 0 atom stereocenters. The number of amides is 1. The van der Waals surface area contributed by atoms with E-state index in [9.17, 15) is 14.7 Å². The van der Waals surface area contributed by atoms with Crippen molar-refractivity contribution in [2.45, 2.75) is 19.9 Å². The van der Waals surface area contributed by atoms with Crippen molar-refractivity contribution in [3.05, 3.63) is 102 Å². The summed E-state index contributed by atoms with van der Waals surface area (Å²) in [5.74, 6) is -1.88. The van der Waals surface area contributed by atoms with Crippen LogP contribution in [0.4, 0.5) is 0 Å². The molecule has 0 saturated carbocycles. The van der Waals surface area contributed by atoms with E-state index < -0.39 is 11.7 Å². The Morgan fingerprint density at radius 3 is 2.38 bits per heavy atom. The van der Waals surface area contributed by atoms with Crippen molar-refractivity contribution in [2.24, 2.45) is 5.73 Å². The number of nitrogens with two attached hydrogens (primary N) is 1. The highest BCUT2D eigenvalue weighted by Crippen LogP contribution is 2.37. The van der Waals surface area contributed by atoms with Crippen molar-refractivity contribution in [1.82, 2.24) is 4.57 Å². The van der Waals surface area contributed by atoms with Gasteiger partial charge in [0.25, 0.3) is 11.7 Å². The van der Waals surface area contributed by atoms with Gasteiger partial charge in [0.1, 0.15) is 5.75 Å². The monoisotopic (exact) mass is 424 g/mol. The first-order valence-electron chi connectivity index (χ1n) is 10.4. The number of aromatic nitrogens is 1. The maximum absolute atomic E-state index is 12.7. The highest BCUT2D eigenvalue weighted by atomic mass is 16.3. The molecule has 0 fully saturated rings. The second kappa shape index (κ2) is 8.55. The molecule has 0 aliphatic rings. The lowest BCUT2D eigenvalue weighted by molar-refractivity contribution is -0.114. The summed E-state index contributed by atoms with van der Waals surface area (Å²) in [7, 11) is 0. The first-order chi connectivity index (χ1) is 15.4. The molecule has 160 valence electrons. The molecule has 0 saturated heterocycles. The number of carbonyl (C=O) groups excluding carboxylic acids is 2. The van der Waals surface area contributed by atoms with Crippen LogP contribution in [-0.4, -0.2) is 21.4 Å². The number of carbonyl (C=O) groups is 2.